The Morgan fingerprint density at radius 2 is 1.77 bits per heavy atom. The molecule has 4 atom stereocenters. The zero-order valence-corrected chi connectivity index (χ0v) is 24.5. The molecule has 4 heterocycles. The molecule has 3 fully saturated rings. The first kappa shape index (κ1) is 28.5. The fourth-order valence-electron chi connectivity index (χ4n) is 6.95. The van der Waals surface area contributed by atoms with Gasteiger partial charge in [-0.25, -0.2) is 9.37 Å². The number of fused-ring (bicyclic) bond motifs is 2. The van der Waals surface area contributed by atoms with Gasteiger partial charge in [0, 0.05) is 42.6 Å². The number of carbonyl (C=O) groups excluding carboxylic acids is 2. The SMILES string of the molecule is Cc1cccc(F)c1C(=O)N1C2COCC2CC(C(=O)Nc2ccc3ncoc3c2)C1c1ccc(NC2CCOCC2)cc1. The number of nitrogens with zero attached hydrogens (tertiary/aromatic N) is 2. The van der Waals surface area contributed by atoms with E-state index in [1.165, 1.54) is 12.5 Å². The van der Waals surface area contributed by atoms with Gasteiger partial charge in [0.15, 0.2) is 12.0 Å². The molecule has 1 aromatic heterocycles. The molecule has 10 heteroatoms. The first-order valence-electron chi connectivity index (χ1n) is 15.2. The van der Waals surface area contributed by atoms with Crippen LogP contribution in [-0.2, 0) is 14.3 Å². The molecule has 3 saturated heterocycles. The predicted octanol–water partition coefficient (Wildman–Crippen LogP) is 5.72. The summed E-state index contributed by atoms with van der Waals surface area (Å²) >= 11 is 0. The lowest BCUT2D eigenvalue weighted by molar-refractivity contribution is -0.124. The molecule has 2 N–H and O–H groups in total. The number of aromatic nitrogens is 1. The van der Waals surface area contributed by atoms with Gasteiger partial charge in [0.25, 0.3) is 5.91 Å². The summed E-state index contributed by atoms with van der Waals surface area (Å²) in [5.74, 6) is -1.92. The van der Waals surface area contributed by atoms with E-state index >= 15 is 4.39 Å². The molecule has 0 aliphatic carbocycles. The van der Waals surface area contributed by atoms with Gasteiger partial charge < -0.3 is 29.4 Å². The Kier molecular flexibility index (Phi) is 7.78. The van der Waals surface area contributed by atoms with Crippen molar-refractivity contribution >= 4 is 34.3 Å². The van der Waals surface area contributed by atoms with Gasteiger partial charge in [-0.15, -0.1) is 0 Å². The van der Waals surface area contributed by atoms with Crippen molar-refractivity contribution < 1.29 is 27.9 Å². The molecule has 2 amide bonds. The Hall–Kier alpha value is -4.28. The van der Waals surface area contributed by atoms with E-state index in [4.69, 9.17) is 13.9 Å². The number of nitrogens with one attached hydrogen (secondary N) is 2. The Morgan fingerprint density at radius 3 is 2.57 bits per heavy atom. The number of likely N-dealkylation sites (tertiary alicyclic amines) is 1. The number of carbonyl (C=O) groups is 2. The van der Waals surface area contributed by atoms with E-state index in [9.17, 15) is 9.59 Å². The maximum absolute atomic E-state index is 15.3. The van der Waals surface area contributed by atoms with E-state index < -0.39 is 23.7 Å². The number of hydrogen-bond donors (Lipinski definition) is 2. The van der Waals surface area contributed by atoms with Crippen LogP contribution in [0.1, 0.15) is 46.8 Å². The van der Waals surface area contributed by atoms with Gasteiger partial charge in [-0.05, 0) is 67.6 Å². The number of piperidine rings is 1. The van der Waals surface area contributed by atoms with Crippen LogP contribution in [0.4, 0.5) is 15.8 Å². The summed E-state index contributed by atoms with van der Waals surface area (Å²) in [6.07, 6.45) is 3.75. The second kappa shape index (κ2) is 12.0. The van der Waals surface area contributed by atoms with Crippen molar-refractivity contribution in [1.29, 1.82) is 0 Å². The standard InChI is InChI=1S/C34H35FN4O5/c1-20-3-2-4-27(35)31(20)34(41)39-29-18-43-17-22(29)15-26(33(40)38-25-9-10-28-30(16-25)44-19-36-28)32(39)21-5-7-23(8-6-21)37-24-11-13-42-14-12-24/h2-10,16,19,22,24,26,29,32,37H,11-15,17-18H2,1H3,(H,38,40). The highest BCUT2D eigenvalue weighted by Crippen LogP contribution is 2.46. The lowest BCUT2D eigenvalue weighted by atomic mass is 9.76. The van der Waals surface area contributed by atoms with E-state index in [1.807, 2.05) is 24.3 Å². The molecule has 3 aromatic carbocycles. The molecule has 0 bridgehead atoms. The first-order chi connectivity index (χ1) is 21.5. The third kappa shape index (κ3) is 5.44. The highest BCUT2D eigenvalue weighted by Gasteiger charge is 2.51. The van der Waals surface area contributed by atoms with Crippen LogP contribution in [0.3, 0.4) is 0 Å². The van der Waals surface area contributed by atoms with Crippen LogP contribution >= 0.6 is 0 Å². The molecule has 228 valence electrons. The third-order valence-electron chi connectivity index (χ3n) is 9.21. The average Bonchev–Trinajstić information content (AvgIpc) is 3.70. The van der Waals surface area contributed by atoms with E-state index in [1.54, 1.807) is 42.2 Å². The van der Waals surface area contributed by atoms with Crippen LogP contribution in [0, 0.1) is 24.6 Å². The van der Waals surface area contributed by atoms with Crippen molar-refractivity contribution in [3.05, 3.63) is 89.6 Å². The van der Waals surface area contributed by atoms with E-state index in [0.29, 0.717) is 48.0 Å². The number of benzene rings is 3. The zero-order chi connectivity index (χ0) is 30.2. The lowest BCUT2D eigenvalue weighted by Gasteiger charge is -2.47. The van der Waals surface area contributed by atoms with Crippen LogP contribution in [0.2, 0.25) is 0 Å². The van der Waals surface area contributed by atoms with Gasteiger partial charge in [-0.3, -0.25) is 9.59 Å². The van der Waals surface area contributed by atoms with E-state index in [-0.39, 0.29) is 23.4 Å². The number of rotatable bonds is 6. The largest absolute Gasteiger partial charge is 0.443 e. The second-order valence-electron chi connectivity index (χ2n) is 12.0. The fraction of sp³-hybridized carbons (Fsp3) is 0.382. The number of hydrogen-bond acceptors (Lipinski definition) is 7. The van der Waals surface area contributed by atoms with Crippen LogP contribution < -0.4 is 10.6 Å². The number of halogens is 1. The van der Waals surface area contributed by atoms with Crippen molar-refractivity contribution in [2.45, 2.75) is 44.3 Å². The van der Waals surface area contributed by atoms with Crippen LogP contribution in [0.5, 0.6) is 0 Å². The molecule has 3 aliphatic heterocycles. The number of oxazole rings is 1. The predicted molar refractivity (Wildman–Crippen MR) is 163 cm³/mol. The monoisotopic (exact) mass is 598 g/mol. The van der Waals surface area contributed by atoms with Crippen LogP contribution in [0.25, 0.3) is 11.1 Å². The maximum atomic E-state index is 15.3. The van der Waals surface area contributed by atoms with Gasteiger partial charge in [0.2, 0.25) is 5.91 Å². The highest BCUT2D eigenvalue weighted by atomic mass is 19.1. The molecule has 7 rings (SSSR count). The average molecular weight is 599 g/mol. The molecule has 4 aromatic rings. The number of amides is 2. The van der Waals surface area contributed by atoms with Gasteiger partial charge in [-0.2, -0.15) is 0 Å². The van der Waals surface area contributed by atoms with E-state index in [2.05, 4.69) is 15.6 Å². The zero-order valence-electron chi connectivity index (χ0n) is 24.5. The smallest absolute Gasteiger partial charge is 0.257 e. The Bertz CT molecular complexity index is 1650. The first-order valence-corrected chi connectivity index (χ1v) is 15.2. The van der Waals surface area contributed by atoms with Gasteiger partial charge in [-0.1, -0.05) is 24.3 Å². The number of anilines is 2. The minimum atomic E-state index is -0.643. The van der Waals surface area contributed by atoms with Crippen LogP contribution in [0.15, 0.2) is 71.5 Å². The Balaban J connectivity index is 1.26. The Morgan fingerprint density at radius 1 is 0.977 bits per heavy atom. The summed E-state index contributed by atoms with van der Waals surface area (Å²) in [6, 6.07) is 17.3. The summed E-state index contributed by atoms with van der Waals surface area (Å²) in [5.41, 5.74) is 4.16. The van der Waals surface area contributed by atoms with Crippen molar-refractivity contribution in [3.8, 4) is 0 Å². The molecule has 4 unspecified atom stereocenters. The normalized spacial score (nSPS) is 23.8. The molecule has 0 spiro atoms. The molecule has 0 radical (unpaired) electrons. The molecular formula is C34H35FN4O5. The van der Waals surface area contributed by atoms with Crippen molar-refractivity contribution in [3.63, 3.8) is 0 Å². The molecular weight excluding hydrogens is 563 g/mol. The molecule has 0 saturated carbocycles. The Labute approximate surface area is 254 Å². The van der Waals surface area contributed by atoms with Crippen molar-refractivity contribution in [1.82, 2.24) is 9.88 Å². The second-order valence-corrected chi connectivity index (χ2v) is 12.0. The third-order valence-corrected chi connectivity index (χ3v) is 9.21. The number of ether oxygens (including phenoxy) is 2. The minimum Gasteiger partial charge on any atom is -0.443 e. The summed E-state index contributed by atoms with van der Waals surface area (Å²) in [6.45, 7) is 3.96. The summed E-state index contributed by atoms with van der Waals surface area (Å²) in [7, 11) is 0. The number of aryl methyl sites for hydroxylation is 1. The minimum absolute atomic E-state index is 0.0257. The highest BCUT2D eigenvalue weighted by molar-refractivity contribution is 5.99. The topological polar surface area (TPSA) is 106 Å². The van der Waals surface area contributed by atoms with Crippen LogP contribution in [-0.4, -0.2) is 60.2 Å². The van der Waals surface area contributed by atoms with Gasteiger partial charge in [0.1, 0.15) is 11.3 Å². The lowest BCUT2D eigenvalue weighted by Crippen LogP contribution is -2.55. The molecule has 44 heavy (non-hydrogen) atoms. The summed E-state index contributed by atoms with van der Waals surface area (Å²) < 4.78 is 32.1. The quantitative estimate of drug-likeness (QED) is 0.292. The van der Waals surface area contributed by atoms with E-state index in [0.717, 1.165) is 37.3 Å². The van der Waals surface area contributed by atoms with Crippen molar-refractivity contribution in [2.75, 3.05) is 37.1 Å². The fourth-order valence-corrected chi connectivity index (χ4v) is 6.95. The van der Waals surface area contributed by atoms with Gasteiger partial charge >= 0.3 is 0 Å². The maximum Gasteiger partial charge on any atom is 0.257 e. The molecule has 3 aliphatic rings. The molecule has 9 nitrogen and oxygen atoms in total. The summed E-state index contributed by atoms with van der Waals surface area (Å²) in [5, 5.41) is 6.64. The summed E-state index contributed by atoms with van der Waals surface area (Å²) in [4.78, 5) is 34.4. The van der Waals surface area contributed by atoms with Gasteiger partial charge in [0.05, 0.1) is 36.8 Å². The van der Waals surface area contributed by atoms with Crippen molar-refractivity contribution in [2.24, 2.45) is 11.8 Å².